The molecule has 0 radical (unpaired) electrons. The summed E-state index contributed by atoms with van der Waals surface area (Å²) in [6, 6.07) is 14.3. The summed E-state index contributed by atoms with van der Waals surface area (Å²) in [6.45, 7) is 0. The molecule has 0 saturated heterocycles. The van der Waals surface area contributed by atoms with E-state index in [0.29, 0.717) is 5.88 Å². The zero-order valence-electron chi connectivity index (χ0n) is 11.7. The summed E-state index contributed by atoms with van der Waals surface area (Å²) in [5, 5.41) is 1.50. The first-order valence-corrected chi connectivity index (χ1v) is 8.52. The van der Waals surface area contributed by atoms with Crippen molar-refractivity contribution in [1.82, 2.24) is 0 Å². The first kappa shape index (κ1) is 15.2. The van der Waals surface area contributed by atoms with Crippen molar-refractivity contribution in [2.75, 3.05) is 5.88 Å². The van der Waals surface area contributed by atoms with Gasteiger partial charge in [-0.25, -0.2) is 0 Å². The van der Waals surface area contributed by atoms with Crippen LogP contribution in [0.3, 0.4) is 0 Å². The van der Waals surface area contributed by atoms with Gasteiger partial charge in [-0.1, -0.05) is 47.5 Å². The van der Waals surface area contributed by atoms with Gasteiger partial charge in [0.25, 0.3) is 0 Å². The zero-order valence-corrected chi connectivity index (χ0v) is 14.0. The van der Waals surface area contributed by atoms with E-state index in [9.17, 15) is 0 Å². The highest BCUT2D eigenvalue weighted by atomic mass is 35.5. The van der Waals surface area contributed by atoms with Crippen LogP contribution in [0.15, 0.2) is 42.5 Å². The van der Waals surface area contributed by atoms with Crippen LogP contribution in [-0.4, -0.2) is 5.88 Å². The van der Waals surface area contributed by atoms with E-state index in [2.05, 4.69) is 24.3 Å². The summed E-state index contributed by atoms with van der Waals surface area (Å²) in [6.07, 6.45) is 4.24. The fourth-order valence-corrected chi connectivity index (χ4v) is 4.17. The highest BCUT2D eigenvalue weighted by Gasteiger charge is 2.36. The number of fused-ring (bicyclic) bond motifs is 1. The van der Waals surface area contributed by atoms with Crippen molar-refractivity contribution < 1.29 is 0 Å². The Balaban J connectivity index is 2.04. The fourth-order valence-electron chi connectivity index (χ4n) is 3.42. The van der Waals surface area contributed by atoms with Gasteiger partial charge < -0.3 is 0 Å². The van der Waals surface area contributed by atoms with Crippen LogP contribution in [-0.2, 0) is 18.3 Å². The Morgan fingerprint density at radius 2 is 1.86 bits per heavy atom. The van der Waals surface area contributed by atoms with Crippen LogP contribution in [0.1, 0.15) is 29.5 Å². The molecule has 0 amide bonds. The molecule has 21 heavy (non-hydrogen) atoms. The first-order chi connectivity index (χ1) is 10.1. The third-order valence-electron chi connectivity index (χ3n) is 4.48. The van der Waals surface area contributed by atoms with E-state index < -0.39 is 0 Å². The molecule has 110 valence electrons. The van der Waals surface area contributed by atoms with Gasteiger partial charge in [0.05, 0.1) is 0 Å². The Kier molecular flexibility index (Phi) is 4.49. The second-order valence-corrected chi connectivity index (χ2v) is 6.95. The number of rotatable bonds is 3. The second-order valence-electron chi connectivity index (χ2n) is 5.84. The molecule has 0 saturated carbocycles. The second kappa shape index (κ2) is 6.20. The SMILES string of the molecule is ClCC1(Cc2cc(Cl)ccc2Cl)CCCc2ccccc21. The maximum atomic E-state index is 6.43. The molecule has 0 heterocycles. The lowest BCUT2D eigenvalue weighted by Crippen LogP contribution is -2.35. The van der Waals surface area contributed by atoms with Crippen LogP contribution in [0, 0.1) is 0 Å². The number of aryl methyl sites for hydroxylation is 1. The third-order valence-corrected chi connectivity index (χ3v) is 5.60. The highest BCUT2D eigenvalue weighted by molar-refractivity contribution is 6.33. The van der Waals surface area contributed by atoms with Gasteiger partial charge in [-0.05, 0) is 60.6 Å². The van der Waals surface area contributed by atoms with Gasteiger partial charge in [-0.2, -0.15) is 0 Å². The van der Waals surface area contributed by atoms with Crippen molar-refractivity contribution in [2.24, 2.45) is 0 Å². The van der Waals surface area contributed by atoms with Gasteiger partial charge in [-0.3, -0.25) is 0 Å². The van der Waals surface area contributed by atoms with Gasteiger partial charge in [0.15, 0.2) is 0 Å². The van der Waals surface area contributed by atoms with Crippen molar-refractivity contribution in [2.45, 2.75) is 31.1 Å². The monoisotopic (exact) mass is 338 g/mol. The average molecular weight is 340 g/mol. The normalized spacial score (nSPS) is 21.1. The third kappa shape index (κ3) is 2.95. The smallest absolute Gasteiger partial charge is 0.0439 e. The molecule has 1 aliphatic carbocycles. The number of hydrogen-bond donors (Lipinski definition) is 0. The standard InChI is InChI=1S/C18H17Cl3/c19-12-18(11-14-10-15(20)7-8-17(14)21)9-3-5-13-4-1-2-6-16(13)18/h1-2,4,6-8,10H,3,5,9,11-12H2. The number of alkyl halides is 1. The number of hydrogen-bond acceptors (Lipinski definition) is 0. The Hall–Kier alpha value is -0.690. The van der Waals surface area contributed by atoms with Gasteiger partial charge in [0.1, 0.15) is 0 Å². The van der Waals surface area contributed by atoms with Crippen molar-refractivity contribution in [3.63, 3.8) is 0 Å². The Morgan fingerprint density at radius 1 is 1.05 bits per heavy atom. The van der Waals surface area contributed by atoms with Crippen molar-refractivity contribution in [3.8, 4) is 0 Å². The molecule has 0 bridgehead atoms. The molecular formula is C18H17Cl3. The Morgan fingerprint density at radius 3 is 2.67 bits per heavy atom. The van der Waals surface area contributed by atoms with E-state index in [1.165, 1.54) is 17.5 Å². The maximum Gasteiger partial charge on any atom is 0.0439 e. The van der Waals surface area contributed by atoms with E-state index in [4.69, 9.17) is 34.8 Å². The lowest BCUT2D eigenvalue weighted by atomic mass is 9.68. The van der Waals surface area contributed by atoms with Crippen molar-refractivity contribution in [1.29, 1.82) is 0 Å². The molecule has 1 atom stereocenters. The topological polar surface area (TPSA) is 0 Å². The van der Waals surface area contributed by atoms with Crippen LogP contribution < -0.4 is 0 Å². The summed E-state index contributed by atoms with van der Waals surface area (Å²) in [5.41, 5.74) is 3.84. The van der Waals surface area contributed by atoms with E-state index in [1.807, 2.05) is 18.2 Å². The van der Waals surface area contributed by atoms with Gasteiger partial charge in [0, 0.05) is 21.3 Å². The minimum atomic E-state index is -0.0370. The van der Waals surface area contributed by atoms with Crippen LogP contribution in [0.5, 0.6) is 0 Å². The Bertz CT molecular complexity index is 651. The van der Waals surface area contributed by atoms with Crippen LogP contribution in [0.2, 0.25) is 10.0 Å². The molecule has 0 nitrogen and oxygen atoms in total. The molecule has 2 aromatic rings. The van der Waals surface area contributed by atoms with E-state index in [1.54, 1.807) is 0 Å². The van der Waals surface area contributed by atoms with Crippen molar-refractivity contribution in [3.05, 3.63) is 69.2 Å². The molecule has 1 unspecified atom stereocenters. The molecule has 0 fully saturated rings. The molecule has 2 aromatic carbocycles. The van der Waals surface area contributed by atoms with E-state index >= 15 is 0 Å². The lowest BCUT2D eigenvalue weighted by Gasteiger charge is -2.38. The molecular weight excluding hydrogens is 323 g/mol. The molecule has 0 aliphatic heterocycles. The van der Waals surface area contributed by atoms with E-state index in [-0.39, 0.29) is 5.41 Å². The quantitative estimate of drug-likeness (QED) is 0.597. The van der Waals surface area contributed by atoms with Gasteiger partial charge in [-0.15, -0.1) is 11.6 Å². The summed E-state index contributed by atoms with van der Waals surface area (Å²) in [4.78, 5) is 0. The molecule has 1 aliphatic rings. The lowest BCUT2D eigenvalue weighted by molar-refractivity contribution is 0.396. The first-order valence-electron chi connectivity index (χ1n) is 7.23. The summed E-state index contributed by atoms with van der Waals surface area (Å²) in [5.74, 6) is 0.604. The average Bonchev–Trinajstić information content (AvgIpc) is 2.51. The zero-order chi connectivity index (χ0) is 14.9. The molecule has 3 heteroatoms. The minimum absolute atomic E-state index is 0.0370. The van der Waals surface area contributed by atoms with Crippen LogP contribution >= 0.6 is 34.8 Å². The molecule has 0 aromatic heterocycles. The predicted molar refractivity (Wildman–Crippen MR) is 91.9 cm³/mol. The Labute approximate surface area is 141 Å². The summed E-state index contributed by atoms with van der Waals surface area (Å²) >= 11 is 18.9. The molecule has 0 spiro atoms. The van der Waals surface area contributed by atoms with Gasteiger partial charge >= 0.3 is 0 Å². The highest BCUT2D eigenvalue weighted by Crippen LogP contribution is 2.42. The van der Waals surface area contributed by atoms with Crippen LogP contribution in [0.4, 0.5) is 0 Å². The number of halogens is 3. The van der Waals surface area contributed by atoms with E-state index in [0.717, 1.165) is 34.9 Å². The summed E-state index contributed by atoms with van der Waals surface area (Å²) in [7, 11) is 0. The van der Waals surface area contributed by atoms with Crippen molar-refractivity contribution >= 4 is 34.8 Å². The minimum Gasteiger partial charge on any atom is -0.126 e. The predicted octanol–water partition coefficient (Wildman–Crippen LogP) is 6.05. The largest absolute Gasteiger partial charge is 0.126 e. The fraction of sp³-hybridized carbons (Fsp3) is 0.333. The number of benzene rings is 2. The summed E-state index contributed by atoms with van der Waals surface area (Å²) < 4.78 is 0. The maximum absolute atomic E-state index is 6.43. The molecule has 0 N–H and O–H groups in total. The molecule has 3 rings (SSSR count). The van der Waals surface area contributed by atoms with Gasteiger partial charge in [0.2, 0.25) is 0 Å². The van der Waals surface area contributed by atoms with Crippen LogP contribution in [0.25, 0.3) is 0 Å².